The van der Waals surface area contributed by atoms with Gasteiger partial charge in [0.1, 0.15) is 18.1 Å². The van der Waals surface area contributed by atoms with Crippen LogP contribution in [0.3, 0.4) is 0 Å². The molecule has 0 spiro atoms. The lowest BCUT2D eigenvalue weighted by Crippen LogP contribution is -2.45. The molecule has 2 N–H and O–H groups in total. The van der Waals surface area contributed by atoms with Crippen LogP contribution in [-0.4, -0.2) is 24.1 Å². The molecule has 3 rings (SSSR count). The molecule has 0 fully saturated rings. The van der Waals surface area contributed by atoms with Crippen LogP contribution in [0.1, 0.15) is 25.5 Å². The molecule has 0 radical (unpaired) electrons. The number of benzene rings is 2. The Bertz CT molecular complexity index is 865. The third-order valence-electron chi connectivity index (χ3n) is 4.18. The molecule has 0 saturated carbocycles. The Kier molecular flexibility index (Phi) is 6.21. The van der Waals surface area contributed by atoms with E-state index in [9.17, 15) is 4.79 Å². The van der Waals surface area contributed by atoms with E-state index in [1.807, 2.05) is 68.4 Å². The van der Waals surface area contributed by atoms with Gasteiger partial charge in [0.25, 0.3) is 0 Å². The smallest absolute Gasteiger partial charge is 0.188 e. The minimum atomic E-state index is -0.356. The zero-order chi connectivity index (χ0) is 19.2. The molecule has 1 aliphatic heterocycles. The summed E-state index contributed by atoms with van der Waals surface area (Å²) in [5.74, 6) is 1.37. The number of allylic oxidation sites excluding steroid dienone is 1. The van der Waals surface area contributed by atoms with Gasteiger partial charge in [-0.2, -0.15) is 0 Å². The van der Waals surface area contributed by atoms with Gasteiger partial charge in [-0.1, -0.05) is 30.3 Å². The van der Waals surface area contributed by atoms with E-state index in [0.29, 0.717) is 23.0 Å². The monoisotopic (exact) mass is 382 g/mol. The fraction of sp³-hybridized carbons (Fsp3) is 0.238. The molecule has 140 valence electrons. The maximum atomic E-state index is 12.7. The summed E-state index contributed by atoms with van der Waals surface area (Å²) in [7, 11) is 0. The van der Waals surface area contributed by atoms with Crippen LogP contribution in [0.5, 0.6) is 11.5 Å². The maximum Gasteiger partial charge on any atom is 0.188 e. The molecule has 1 atom stereocenters. The highest BCUT2D eigenvalue weighted by molar-refractivity contribution is 7.80. The zero-order valence-corrected chi connectivity index (χ0v) is 16.1. The van der Waals surface area contributed by atoms with E-state index in [2.05, 4.69) is 10.6 Å². The standard InChI is InChI=1S/C21H22N2O3S/c1-3-25-13-18(24)19-14(2)22-21(27)23-20(19)15-8-7-11-17(12-15)26-16-9-5-4-6-10-16/h4-12,20H,3,13H2,1-2H3,(H2,22,23,27)/t20-/m1/s1. The molecule has 0 aliphatic carbocycles. The van der Waals surface area contributed by atoms with Crippen molar-refractivity contribution in [2.24, 2.45) is 0 Å². The summed E-state index contributed by atoms with van der Waals surface area (Å²) in [5, 5.41) is 6.71. The number of thiocarbonyl (C=S) groups is 1. The van der Waals surface area contributed by atoms with Crippen molar-refractivity contribution >= 4 is 23.1 Å². The van der Waals surface area contributed by atoms with Crippen LogP contribution in [0.4, 0.5) is 0 Å². The van der Waals surface area contributed by atoms with Crippen molar-refractivity contribution in [1.82, 2.24) is 10.6 Å². The van der Waals surface area contributed by atoms with Crippen molar-refractivity contribution in [3.8, 4) is 11.5 Å². The molecule has 0 saturated heterocycles. The number of ether oxygens (including phenoxy) is 2. The Balaban J connectivity index is 1.90. The van der Waals surface area contributed by atoms with E-state index in [4.69, 9.17) is 21.7 Å². The van der Waals surface area contributed by atoms with Crippen molar-refractivity contribution in [2.45, 2.75) is 19.9 Å². The number of carbonyl (C=O) groups excluding carboxylic acids is 1. The number of ketones is 1. The number of Topliss-reactive ketones (excluding diaryl/α,β-unsaturated/α-hetero) is 1. The van der Waals surface area contributed by atoms with E-state index in [1.54, 1.807) is 0 Å². The number of para-hydroxylation sites is 1. The second-order valence-corrected chi connectivity index (χ2v) is 6.53. The second kappa shape index (κ2) is 8.79. The molecule has 6 heteroatoms. The van der Waals surface area contributed by atoms with Gasteiger partial charge in [-0.15, -0.1) is 0 Å². The zero-order valence-electron chi connectivity index (χ0n) is 15.3. The quantitative estimate of drug-likeness (QED) is 0.709. The first-order chi connectivity index (χ1) is 13.1. The highest BCUT2D eigenvalue weighted by Crippen LogP contribution is 2.31. The number of nitrogens with one attached hydrogen (secondary N) is 2. The third kappa shape index (κ3) is 4.72. The summed E-state index contributed by atoms with van der Waals surface area (Å²) in [5.41, 5.74) is 2.25. The van der Waals surface area contributed by atoms with Gasteiger partial charge in [-0.3, -0.25) is 4.79 Å². The highest BCUT2D eigenvalue weighted by atomic mass is 32.1. The van der Waals surface area contributed by atoms with Gasteiger partial charge in [-0.05, 0) is 55.9 Å². The lowest BCUT2D eigenvalue weighted by molar-refractivity contribution is -0.120. The van der Waals surface area contributed by atoms with E-state index in [1.165, 1.54) is 0 Å². The molecular weight excluding hydrogens is 360 g/mol. The minimum Gasteiger partial charge on any atom is -0.457 e. The summed E-state index contributed by atoms with van der Waals surface area (Å²) in [6.45, 7) is 4.24. The van der Waals surface area contributed by atoms with Crippen molar-refractivity contribution in [2.75, 3.05) is 13.2 Å². The Morgan fingerprint density at radius 1 is 1.11 bits per heavy atom. The molecule has 0 aromatic heterocycles. The Morgan fingerprint density at radius 3 is 2.59 bits per heavy atom. The van der Waals surface area contributed by atoms with Crippen molar-refractivity contribution in [3.63, 3.8) is 0 Å². The SMILES string of the molecule is CCOCC(=O)C1=C(C)NC(=S)N[C@@H]1c1cccc(Oc2ccccc2)c1. The average Bonchev–Trinajstić information content (AvgIpc) is 2.66. The number of hydrogen-bond acceptors (Lipinski definition) is 4. The first-order valence-corrected chi connectivity index (χ1v) is 9.21. The molecule has 0 amide bonds. The Labute approximate surface area is 164 Å². The van der Waals surface area contributed by atoms with Crippen LogP contribution in [0.25, 0.3) is 0 Å². The predicted octanol–water partition coefficient (Wildman–Crippen LogP) is 3.88. The van der Waals surface area contributed by atoms with E-state index in [-0.39, 0.29) is 18.4 Å². The van der Waals surface area contributed by atoms with Crippen LogP contribution >= 0.6 is 12.2 Å². The van der Waals surface area contributed by atoms with Gasteiger partial charge in [0.15, 0.2) is 10.9 Å². The van der Waals surface area contributed by atoms with Crippen LogP contribution in [0.2, 0.25) is 0 Å². The number of rotatable bonds is 7. The molecule has 1 heterocycles. The minimum absolute atomic E-state index is 0.0377. The van der Waals surface area contributed by atoms with Crippen LogP contribution in [0.15, 0.2) is 65.9 Å². The van der Waals surface area contributed by atoms with Gasteiger partial charge >= 0.3 is 0 Å². The van der Waals surface area contributed by atoms with Gasteiger partial charge in [0.2, 0.25) is 0 Å². The van der Waals surface area contributed by atoms with E-state index >= 15 is 0 Å². The van der Waals surface area contributed by atoms with Crippen LogP contribution in [0, 0.1) is 0 Å². The van der Waals surface area contributed by atoms with Crippen molar-refractivity contribution < 1.29 is 14.3 Å². The third-order valence-corrected chi connectivity index (χ3v) is 4.40. The van der Waals surface area contributed by atoms with Gasteiger partial charge in [0, 0.05) is 17.9 Å². The molecule has 27 heavy (non-hydrogen) atoms. The summed E-state index contributed by atoms with van der Waals surface area (Å²) in [4.78, 5) is 12.7. The fourth-order valence-electron chi connectivity index (χ4n) is 2.97. The summed E-state index contributed by atoms with van der Waals surface area (Å²) in [6.07, 6.45) is 0. The lowest BCUT2D eigenvalue weighted by Gasteiger charge is -2.30. The van der Waals surface area contributed by atoms with Gasteiger partial charge < -0.3 is 20.1 Å². The molecule has 0 unspecified atom stereocenters. The largest absolute Gasteiger partial charge is 0.457 e. The van der Waals surface area contributed by atoms with Crippen LogP contribution in [-0.2, 0) is 9.53 Å². The molecule has 5 nitrogen and oxygen atoms in total. The Morgan fingerprint density at radius 2 is 1.85 bits per heavy atom. The maximum absolute atomic E-state index is 12.7. The van der Waals surface area contributed by atoms with Gasteiger partial charge in [0.05, 0.1) is 6.04 Å². The van der Waals surface area contributed by atoms with E-state index in [0.717, 1.165) is 17.0 Å². The Hall–Kier alpha value is -2.70. The first-order valence-electron chi connectivity index (χ1n) is 8.80. The van der Waals surface area contributed by atoms with Gasteiger partial charge in [-0.25, -0.2) is 0 Å². The molecule has 1 aliphatic rings. The summed E-state index contributed by atoms with van der Waals surface area (Å²) in [6, 6.07) is 16.9. The van der Waals surface area contributed by atoms with Crippen molar-refractivity contribution in [3.05, 3.63) is 71.4 Å². The summed E-state index contributed by atoms with van der Waals surface area (Å²) < 4.78 is 11.2. The number of carbonyl (C=O) groups is 1. The molecule has 2 aromatic rings. The number of hydrogen-bond donors (Lipinski definition) is 2. The topological polar surface area (TPSA) is 59.6 Å². The molecule has 0 bridgehead atoms. The predicted molar refractivity (Wildman–Crippen MR) is 109 cm³/mol. The normalized spacial score (nSPS) is 16.5. The second-order valence-electron chi connectivity index (χ2n) is 6.12. The first kappa shape index (κ1) is 19.1. The molecular formula is C21H22N2O3S. The lowest BCUT2D eigenvalue weighted by atomic mass is 9.92. The average molecular weight is 382 g/mol. The molecule has 2 aromatic carbocycles. The van der Waals surface area contributed by atoms with E-state index < -0.39 is 0 Å². The van der Waals surface area contributed by atoms with Crippen LogP contribution < -0.4 is 15.4 Å². The fourth-order valence-corrected chi connectivity index (χ4v) is 3.24. The highest BCUT2D eigenvalue weighted by Gasteiger charge is 2.29. The summed E-state index contributed by atoms with van der Waals surface area (Å²) >= 11 is 5.29. The van der Waals surface area contributed by atoms with Crippen molar-refractivity contribution in [1.29, 1.82) is 0 Å².